The van der Waals surface area contributed by atoms with Crippen molar-refractivity contribution in [2.45, 2.75) is 43.7 Å². The Balaban J connectivity index is 1.59. The van der Waals surface area contributed by atoms with Gasteiger partial charge >= 0.3 is 0 Å². The molecule has 1 atom stereocenters. The summed E-state index contributed by atoms with van der Waals surface area (Å²) in [5.74, 6) is 1.55. The minimum Gasteiger partial charge on any atom is -0.493 e. The van der Waals surface area contributed by atoms with Gasteiger partial charge in [-0.2, -0.15) is 0 Å². The Morgan fingerprint density at radius 3 is 2.68 bits per heavy atom. The van der Waals surface area contributed by atoms with Gasteiger partial charge < -0.3 is 14.4 Å². The van der Waals surface area contributed by atoms with Crippen LogP contribution in [-0.4, -0.2) is 29.8 Å². The Morgan fingerprint density at radius 2 is 1.93 bits per heavy atom. The van der Waals surface area contributed by atoms with Gasteiger partial charge in [0, 0.05) is 12.1 Å². The van der Waals surface area contributed by atoms with Crippen molar-refractivity contribution in [2.24, 2.45) is 0 Å². The predicted molar refractivity (Wildman–Crippen MR) is 108 cm³/mol. The molecule has 1 unspecified atom stereocenters. The molecular formula is C22H24FNO3S. The fourth-order valence-electron chi connectivity index (χ4n) is 3.84. The minimum absolute atomic E-state index is 0.0207. The van der Waals surface area contributed by atoms with E-state index in [9.17, 15) is 9.18 Å². The van der Waals surface area contributed by atoms with E-state index < -0.39 is 0 Å². The van der Waals surface area contributed by atoms with Gasteiger partial charge in [-0.3, -0.25) is 4.79 Å². The van der Waals surface area contributed by atoms with E-state index in [1.54, 1.807) is 42.0 Å². The average Bonchev–Trinajstić information content (AvgIpc) is 3.34. The number of carbonyl (C=O) groups is 1. The summed E-state index contributed by atoms with van der Waals surface area (Å²) in [5, 5.41) is -0.163. The van der Waals surface area contributed by atoms with Crippen LogP contribution < -0.4 is 9.47 Å². The van der Waals surface area contributed by atoms with E-state index in [2.05, 4.69) is 0 Å². The predicted octanol–water partition coefficient (Wildman–Crippen LogP) is 4.93. The molecule has 2 aromatic rings. The van der Waals surface area contributed by atoms with Crippen LogP contribution in [-0.2, 0) is 11.3 Å². The summed E-state index contributed by atoms with van der Waals surface area (Å²) in [6.07, 6.45) is 4.72. The number of hydrogen-bond donors (Lipinski definition) is 0. The molecule has 2 aliphatic rings. The second kappa shape index (κ2) is 8.43. The van der Waals surface area contributed by atoms with Crippen molar-refractivity contribution < 1.29 is 18.7 Å². The zero-order chi connectivity index (χ0) is 19.5. The number of amides is 1. The quantitative estimate of drug-likeness (QED) is 0.688. The van der Waals surface area contributed by atoms with Gasteiger partial charge in [-0.05, 0) is 49.4 Å². The smallest absolute Gasteiger partial charge is 0.234 e. The van der Waals surface area contributed by atoms with Crippen LogP contribution in [0.1, 0.15) is 42.2 Å². The molecule has 1 aliphatic heterocycles. The molecule has 2 fully saturated rings. The number of benzene rings is 2. The van der Waals surface area contributed by atoms with Crippen molar-refractivity contribution in [1.82, 2.24) is 4.90 Å². The van der Waals surface area contributed by atoms with Gasteiger partial charge in [0.1, 0.15) is 11.2 Å². The van der Waals surface area contributed by atoms with Crippen LogP contribution in [0, 0.1) is 5.82 Å². The highest BCUT2D eigenvalue weighted by Crippen LogP contribution is 2.43. The number of rotatable bonds is 6. The Bertz CT molecular complexity index is 853. The maximum atomic E-state index is 14.1. The lowest BCUT2D eigenvalue weighted by molar-refractivity contribution is -0.128. The third kappa shape index (κ3) is 3.97. The number of halogens is 1. The van der Waals surface area contributed by atoms with Crippen molar-refractivity contribution in [3.05, 3.63) is 59.4 Å². The molecular weight excluding hydrogens is 377 g/mol. The highest BCUT2D eigenvalue weighted by Gasteiger charge is 2.34. The summed E-state index contributed by atoms with van der Waals surface area (Å²) >= 11 is 1.56. The highest BCUT2D eigenvalue weighted by atomic mass is 32.2. The lowest BCUT2D eigenvalue weighted by Gasteiger charge is -2.25. The van der Waals surface area contributed by atoms with Crippen LogP contribution in [0.25, 0.3) is 0 Å². The van der Waals surface area contributed by atoms with Crippen molar-refractivity contribution >= 4 is 17.7 Å². The van der Waals surface area contributed by atoms with E-state index in [1.165, 1.54) is 18.9 Å². The van der Waals surface area contributed by atoms with Crippen LogP contribution in [0.4, 0.5) is 4.39 Å². The second-order valence-corrected chi connectivity index (χ2v) is 8.28. The second-order valence-electron chi connectivity index (χ2n) is 7.21. The highest BCUT2D eigenvalue weighted by molar-refractivity contribution is 8.00. The molecule has 28 heavy (non-hydrogen) atoms. The molecule has 0 spiro atoms. The number of thioether (sulfide) groups is 1. The summed E-state index contributed by atoms with van der Waals surface area (Å²) < 4.78 is 25.8. The standard InChI is InChI=1S/C22H24FNO3S/c1-26-19-11-10-15(12-20(19)27-17-7-3-4-8-17)22-24(21(25)14-28-22)13-16-6-2-5-9-18(16)23/h2,5-6,9-12,17,22H,3-4,7-8,13-14H2,1H3. The summed E-state index contributed by atoms with van der Waals surface area (Å²) in [6.45, 7) is 0.258. The number of carbonyl (C=O) groups excluding carboxylic acids is 1. The molecule has 148 valence electrons. The van der Waals surface area contributed by atoms with Gasteiger partial charge in [0.15, 0.2) is 11.5 Å². The zero-order valence-corrected chi connectivity index (χ0v) is 16.7. The lowest BCUT2D eigenvalue weighted by atomic mass is 10.1. The molecule has 1 amide bonds. The van der Waals surface area contributed by atoms with E-state index in [0.29, 0.717) is 17.1 Å². The number of nitrogens with zero attached hydrogens (tertiary/aromatic N) is 1. The number of ether oxygens (including phenoxy) is 2. The molecule has 0 radical (unpaired) electrons. The molecule has 0 N–H and O–H groups in total. The Kier molecular flexibility index (Phi) is 5.76. The lowest BCUT2D eigenvalue weighted by Crippen LogP contribution is -2.28. The topological polar surface area (TPSA) is 38.8 Å². The van der Waals surface area contributed by atoms with E-state index in [-0.39, 0.29) is 29.7 Å². The van der Waals surface area contributed by atoms with Crippen molar-refractivity contribution in [3.63, 3.8) is 0 Å². The van der Waals surface area contributed by atoms with E-state index >= 15 is 0 Å². The van der Waals surface area contributed by atoms with Crippen molar-refractivity contribution in [3.8, 4) is 11.5 Å². The van der Waals surface area contributed by atoms with Crippen LogP contribution in [0.5, 0.6) is 11.5 Å². The van der Waals surface area contributed by atoms with E-state index in [4.69, 9.17) is 9.47 Å². The van der Waals surface area contributed by atoms with Crippen LogP contribution >= 0.6 is 11.8 Å². The first-order valence-electron chi connectivity index (χ1n) is 9.65. The molecule has 1 aliphatic carbocycles. The molecule has 1 heterocycles. The van der Waals surface area contributed by atoms with Gasteiger partial charge in [-0.1, -0.05) is 24.3 Å². The largest absolute Gasteiger partial charge is 0.493 e. The SMILES string of the molecule is COc1ccc(C2SCC(=O)N2Cc2ccccc2F)cc1OC1CCCC1. The fraction of sp³-hybridized carbons (Fsp3) is 0.409. The Labute approximate surface area is 169 Å². The minimum atomic E-state index is -0.286. The zero-order valence-electron chi connectivity index (χ0n) is 15.9. The molecule has 0 bridgehead atoms. The van der Waals surface area contributed by atoms with Crippen molar-refractivity contribution in [1.29, 1.82) is 0 Å². The molecule has 4 nitrogen and oxygen atoms in total. The van der Waals surface area contributed by atoms with Crippen LogP contribution in [0.2, 0.25) is 0 Å². The van der Waals surface area contributed by atoms with Crippen LogP contribution in [0.15, 0.2) is 42.5 Å². The van der Waals surface area contributed by atoms with Gasteiger partial charge in [-0.15, -0.1) is 11.8 Å². The summed E-state index contributed by atoms with van der Waals surface area (Å²) in [4.78, 5) is 14.2. The van der Waals surface area contributed by atoms with Crippen LogP contribution in [0.3, 0.4) is 0 Å². The van der Waals surface area contributed by atoms with Gasteiger partial charge in [0.2, 0.25) is 5.91 Å². The maximum absolute atomic E-state index is 14.1. The third-order valence-corrected chi connectivity index (χ3v) is 6.59. The molecule has 1 saturated carbocycles. The first-order valence-corrected chi connectivity index (χ1v) is 10.7. The number of methoxy groups -OCH3 is 1. The molecule has 0 aromatic heterocycles. The van der Waals surface area contributed by atoms with E-state index in [1.807, 2.05) is 18.2 Å². The van der Waals surface area contributed by atoms with E-state index in [0.717, 1.165) is 24.2 Å². The van der Waals surface area contributed by atoms with Gasteiger partial charge in [-0.25, -0.2) is 4.39 Å². The Hall–Kier alpha value is -2.21. The average molecular weight is 402 g/mol. The van der Waals surface area contributed by atoms with Gasteiger partial charge in [0.25, 0.3) is 0 Å². The molecule has 1 saturated heterocycles. The Morgan fingerprint density at radius 1 is 1.14 bits per heavy atom. The molecule has 2 aromatic carbocycles. The molecule has 6 heteroatoms. The van der Waals surface area contributed by atoms with Gasteiger partial charge in [0.05, 0.1) is 19.0 Å². The summed E-state index contributed by atoms with van der Waals surface area (Å²) in [7, 11) is 1.63. The fourth-order valence-corrected chi connectivity index (χ4v) is 5.01. The maximum Gasteiger partial charge on any atom is 0.234 e. The normalized spacial score (nSPS) is 20.0. The summed E-state index contributed by atoms with van der Waals surface area (Å²) in [5.41, 5.74) is 1.50. The number of hydrogen-bond acceptors (Lipinski definition) is 4. The first-order chi connectivity index (χ1) is 13.7. The monoisotopic (exact) mass is 401 g/mol. The first kappa shape index (κ1) is 19.1. The molecule has 4 rings (SSSR count). The van der Waals surface area contributed by atoms with Crippen molar-refractivity contribution in [2.75, 3.05) is 12.9 Å². The summed E-state index contributed by atoms with van der Waals surface area (Å²) in [6, 6.07) is 12.4. The third-order valence-electron chi connectivity index (χ3n) is 5.34.